The quantitative estimate of drug-likeness (QED) is 0.238. The van der Waals surface area contributed by atoms with E-state index in [0.717, 1.165) is 32.2 Å². The van der Waals surface area contributed by atoms with Gasteiger partial charge in [0.15, 0.2) is 17.5 Å². The zero-order valence-corrected chi connectivity index (χ0v) is 24.6. The van der Waals surface area contributed by atoms with Gasteiger partial charge in [0.1, 0.15) is 10.8 Å². The van der Waals surface area contributed by atoms with Crippen LogP contribution in [-0.4, -0.2) is 25.0 Å². The molecule has 0 bridgehead atoms. The van der Waals surface area contributed by atoms with Gasteiger partial charge >= 0.3 is 0 Å². The second-order valence-corrected chi connectivity index (χ2v) is 13.0. The molecule has 40 heavy (non-hydrogen) atoms. The molecule has 0 spiro atoms. The Morgan fingerprint density at radius 3 is 1.93 bits per heavy atom. The van der Waals surface area contributed by atoms with Crippen molar-refractivity contribution in [2.75, 3.05) is 0 Å². The molecule has 3 aromatic carbocycles. The third-order valence-electron chi connectivity index (χ3n) is 6.64. The Morgan fingerprint density at radius 1 is 0.625 bits per heavy atom. The summed E-state index contributed by atoms with van der Waals surface area (Å²) >= 11 is 1.59. The number of rotatable bonds is 5. The Labute approximate surface area is 240 Å². The van der Waals surface area contributed by atoms with Gasteiger partial charge in [0.05, 0.1) is 5.56 Å². The minimum Gasteiger partial charge on any atom is -0.507 e. The van der Waals surface area contributed by atoms with E-state index in [1.54, 1.807) is 18.0 Å². The average molecular weight is 547 g/mol. The van der Waals surface area contributed by atoms with Gasteiger partial charge in [0, 0.05) is 27.8 Å². The molecule has 0 aliphatic rings. The Hall–Kier alpha value is -4.03. The summed E-state index contributed by atoms with van der Waals surface area (Å²) in [6.45, 7) is 12.9. The average Bonchev–Trinajstić information content (AvgIpc) is 2.93. The third-order valence-corrected chi connectivity index (χ3v) is 7.58. The second-order valence-electron chi connectivity index (χ2n) is 11.9. The Bertz CT molecular complexity index is 1640. The van der Waals surface area contributed by atoms with Crippen molar-refractivity contribution in [3.8, 4) is 39.9 Å². The Kier molecular flexibility index (Phi) is 7.47. The van der Waals surface area contributed by atoms with Crippen LogP contribution in [0.5, 0.6) is 5.75 Å². The van der Waals surface area contributed by atoms with Crippen molar-refractivity contribution in [1.82, 2.24) is 19.9 Å². The topological polar surface area (TPSA) is 71.8 Å². The minimum atomic E-state index is -0.269. The van der Waals surface area contributed by atoms with Crippen molar-refractivity contribution in [2.24, 2.45) is 0 Å². The van der Waals surface area contributed by atoms with E-state index < -0.39 is 0 Å². The van der Waals surface area contributed by atoms with Crippen LogP contribution < -0.4 is 0 Å². The molecule has 0 radical (unpaired) electrons. The zero-order chi connectivity index (χ0) is 28.5. The molecule has 2 aromatic heterocycles. The predicted octanol–water partition coefficient (Wildman–Crippen LogP) is 8.72. The summed E-state index contributed by atoms with van der Waals surface area (Å²) in [5.74, 6) is 1.75. The number of phenols is 1. The van der Waals surface area contributed by atoms with E-state index in [9.17, 15) is 5.11 Å². The van der Waals surface area contributed by atoms with E-state index >= 15 is 0 Å². The zero-order valence-electron chi connectivity index (χ0n) is 23.8. The number of phenolic OH excluding ortho intramolecular Hbond substituents is 1. The van der Waals surface area contributed by atoms with Crippen LogP contribution in [0.15, 0.2) is 101 Å². The molecular formula is C34H34N4OS. The fourth-order valence-electron chi connectivity index (χ4n) is 4.38. The summed E-state index contributed by atoms with van der Waals surface area (Å²) in [6, 6.07) is 28.0. The van der Waals surface area contributed by atoms with Gasteiger partial charge in [-0.15, -0.1) is 0 Å². The van der Waals surface area contributed by atoms with Crippen molar-refractivity contribution in [1.29, 1.82) is 0 Å². The molecule has 0 aliphatic carbocycles. The third kappa shape index (κ3) is 6.07. The second kappa shape index (κ2) is 10.9. The van der Waals surface area contributed by atoms with Gasteiger partial charge in [-0.25, -0.2) is 19.9 Å². The van der Waals surface area contributed by atoms with Gasteiger partial charge < -0.3 is 5.11 Å². The van der Waals surface area contributed by atoms with E-state index in [1.165, 1.54) is 0 Å². The molecule has 0 saturated carbocycles. The van der Waals surface area contributed by atoms with E-state index in [-0.39, 0.29) is 16.6 Å². The Balaban J connectivity index is 1.71. The first-order valence-corrected chi connectivity index (χ1v) is 14.2. The number of aromatic hydroxyl groups is 1. The van der Waals surface area contributed by atoms with E-state index in [2.05, 4.69) is 64.7 Å². The van der Waals surface area contributed by atoms with Crippen molar-refractivity contribution >= 4 is 11.8 Å². The molecule has 2 heterocycles. The fourth-order valence-corrected chi connectivity index (χ4v) is 5.21. The van der Waals surface area contributed by atoms with E-state index in [4.69, 9.17) is 15.0 Å². The summed E-state index contributed by atoms with van der Waals surface area (Å²) < 4.78 is 0. The van der Waals surface area contributed by atoms with Gasteiger partial charge in [0.2, 0.25) is 0 Å². The van der Waals surface area contributed by atoms with Crippen LogP contribution in [-0.2, 0) is 10.8 Å². The van der Waals surface area contributed by atoms with Gasteiger partial charge in [-0.3, -0.25) is 0 Å². The SMILES string of the molecule is CC(C)(C)c1cc(-c2nc(-c3ccccc3)nc(-c3cccc(Sc4ccccn4)c3)n2)c(O)c(C(C)(C)C)c1. The number of hydrogen-bond acceptors (Lipinski definition) is 6. The number of pyridine rings is 1. The number of benzene rings is 3. The molecule has 5 nitrogen and oxygen atoms in total. The highest BCUT2D eigenvalue weighted by molar-refractivity contribution is 7.99. The molecule has 5 rings (SSSR count). The van der Waals surface area contributed by atoms with Crippen LogP contribution >= 0.6 is 11.8 Å². The van der Waals surface area contributed by atoms with Gasteiger partial charge in [-0.2, -0.15) is 0 Å². The normalized spacial score (nSPS) is 11.9. The largest absolute Gasteiger partial charge is 0.507 e. The smallest absolute Gasteiger partial charge is 0.167 e. The van der Waals surface area contributed by atoms with Crippen LogP contribution in [0.3, 0.4) is 0 Å². The van der Waals surface area contributed by atoms with E-state index in [0.29, 0.717) is 23.0 Å². The maximum atomic E-state index is 11.6. The van der Waals surface area contributed by atoms with Crippen molar-refractivity contribution in [3.63, 3.8) is 0 Å². The summed E-state index contributed by atoms with van der Waals surface area (Å²) in [7, 11) is 0. The lowest BCUT2D eigenvalue weighted by atomic mass is 9.79. The molecule has 202 valence electrons. The number of aromatic nitrogens is 4. The molecule has 0 saturated heterocycles. The van der Waals surface area contributed by atoms with Crippen molar-refractivity contribution in [3.05, 3.63) is 102 Å². The van der Waals surface area contributed by atoms with Crippen molar-refractivity contribution < 1.29 is 5.11 Å². The molecule has 1 N–H and O–H groups in total. The van der Waals surface area contributed by atoms with Crippen LogP contribution in [0.4, 0.5) is 0 Å². The highest BCUT2D eigenvalue weighted by Crippen LogP contribution is 2.42. The summed E-state index contributed by atoms with van der Waals surface area (Å²) in [5, 5.41) is 12.5. The van der Waals surface area contributed by atoms with E-state index in [1.807, 2.05) is 66.7 Å². The first-order chi connectivity index (χ1) is 19.0. The standard InChI is InChI=1S/C34H34N4OS/c1-33(2,3)24-20-26(29(39)27(21-24)34(4,5)6)32-37-30(22-13-8-7-9-14-22)36-31(38-32)23-15-12-16-25(19-23)40-28-17-10-11-18-35-28/h7-21,39H,1-6H3. The maximum Gasteiger partial charge on any atom is 0.167 e. The van der Waals surface area contributed by atoms with Gasteiger partial charge in [-0.1, -0.05) is 108 Å². The molecule has 0 unspecified atom stereocenters. The first-order valence-electron chi connectivity index (χ1n) is 13.4. The molecular weight excluding hydrogens is 512 g/mol. The molecule has 5 aromatic rings. The monoisotopic (exact) mass is 546 g/mol. The van der Waals surface area contributed by atoms with Crippen LogP contribution in [0.25, 0.3) is 34.2 Å². The lowest BCUT2D eigenvalue weighted by Crippen LogP contribution is -2.17. The van der Waals surface area contributed by atoms with Gasteiger partial charge in [0.25, 0.3) is 0 Å². The summed E-state index contributed by atoms with van der Waals surface area (Å²) in [5.41, 5.74) is 3.94. The molecule has 0 atom stereocenters. The highest BCUT2D eigenvalue weighted by atomic mass is 32.2. The number of nitrogens with zero attached hydrogens (tertiary/aromatic N) is 4. The fraction of sp³-hybridized carbons (Fsp3) is 0.235. The van der Waals surface area contributed by atoms with Gasteiger partial charge in [-0.05, 0) is 46.7 Å². The lowest BCUT2D eigenvalue weighted by molar-refractivity contribution is 0.446. The molecule has 6 heteroatoms. The predicted molar refractivity (Wildman–Crippen MR) is 164 cm³/mol. The van der Waals surface area contributed by atoms with Crippen LogP contribution in [0.2, 0.25) is 0 Å². The Morgan fingerprint density at radius 2 is 1.27 bits per heavy atom. The number of hydrogen-bond donors (Lipinski definition) is 1. The molecule has 0 fully saturated rings. The molecule has 0 aliphatic heterocycles. The maximum absolute atomic E-state index is 11.6. The molecule has 0 amide bonds. The summed E-state index contributed by atoms with van der Waals surface area (Å²) in [6.07, 6.45) is 1.79. The lowest BCUT2D eigenvalue weighted by Gasteiger charge is -2.27. The summed E-state index contributed by atoms with van der Waals surface area (Å²) in [4.78, 5) is 20.2. The van der Waals surface area contributed by atoms with Crippen molar-refractivity contribution in [2.45, 2.75) is 62.3 Å². The first kappa shape index (κ1) is 27.5. The van der Waals surface area contributed by atoms with Crippen LogP contribution in [0, 0.1) is 0 Å². The minimum absolute atomic E-state index is 0.127. The highest BCUT2D eigenvalue weighted by Gasteiger charge is 2.27. The van der Waals surface area contributed by atoms with Crippen LogP contribution in [0.1, 0.15) is 52.7 Å².